The van der Waals surface area contributed by atoms with Gasteiger partial charge in [-0.2, -0.15) is 0 Å². The second-order valence-corrected chi connectivity index (χ2v) is 13.8. The minimum absolute atomic E-state index is 0.412. The summed E-state index contributed by atoms with van der Waals surface area (Å²) < 4.78 is 10.8. The summed E-state index contributed by atoms with van der Waals surface area (Å²) in [7, 11) is 2.62. The Hall–Kier alpha value is -2.66. The fourth-order valence-corrected chi connectivity index (χ4v) is 10.9. The molecule has 0 fully saturated rings. The molecule has 0 spiro atoms. The van der Waals surface area contributed by atoms with E-state index in [0.29, 0.717) is 5.40 Å². The van der Waals surface area contributed by atoms with Gasteiger partial charge in [-0.05, 0) is 58.3 Å². The lowest BCUT2D eigenvalue weighted by molar-refractivity contribution is 0.414. The predicted octanol–water partition coefficient (Wildman–Crippen LogP) is 7.36. The molecule has 0 amide bonds. The molecule has 4 aromatic carbocycles. The van der Waals surface area contributed by atoms with E-state index in [-0.39, 0.29) is 0 Å². The van der Waals surface area contributed by atoms with Crippen LogP contribution in [0.4, 0.5) is 0 Å². The van der Waals surface area contributed by atoms with Gasteiger partial charge in [0.05, 0.1) is 14.2 Å². The van der Waals surface area contributed by atoms with E-state index in [1.807, 2.05) is 0 Å². The summed E-state index contributed by atoms with van der Waals surface area (Å²) in [6.07, 6.45) is 2.14. The number of rotatable bonds is 10. The zero-order valence-electron chi connectivity index (χ0n) is 20.1. The van der Waals surface area contributed by atoms with Gasteiger partial charge in [-0.1, -0.05) is 108 Å². The number of hydrogen-bond donors (Lipinski definition) is 0. The highest BCUT2D eigenvalue weighted by molar-refractivity contribution is 7.82. The molecule has 0 N–H and O–H groups in total. The summed E-state index contributed by atoms with van der Waals surface area (Å²) in [6.45, 7) is 2.48. The van der Waals surface area contributed by atoms with Crippen LogP contribution in [0.2, 0.25) is 0 Å². The van der Waals surface area contributed by atoms with E-state index < -0.39 is 15.8 Å². The maximum Gasteiger partial charge on any atom is 0.118 e. The lowest BCUT2D eigenvalue weighted by Gasteiger charge is -2.33. The SMILES string of the molecule is COc1ccc(CP(c2ccccc2)C(C)P(Cc2ccc(OC)cc2)c2ccccc2)cc1. The zero-order chi connectivity index (χ0) is 23.8. The van der Waals surface area contributed by atoms with Gasteiger partial charge >= 0.3 is 0 Å². The molecule has 0 heterocycles. The maximum atomic E-state index is 5.38. The van der Waals surface area contributed by atoms with Gasteiger partial charge in [-0.3, -0.25) is 0 Å². The van der Waals surface area contributed by atoms with Crippen molar-refractivity contribution in [3.8, 4) is 11.5 Å². The molecular formula is C30H32O2P2. The minimum Gasteiger partial charge on any atom is -0.497 e. The Morgan fingerprint density at radius 1 is 0.529 bits per heavy atom. The first-order valence-electron chi connectivity index (χ1n) is 11.6. The Labute approximate surface area is 206 Å². The van der Waals surface area contributed by atoms with E-state index >= 15 is 0 Å². The van der Waals surface area contributed by atoms with Crippen molar-refractivity contribution in [3.05, 3.63) is 120 Å². The highest BCUT2D eigenvalue weighted by Gasteiger charge is 2.28. The van der Waals surface area contributed by atoms with Crippen molar-refractivity contribution in [1.82, 2.24) is 0 Å². The molecule has 0 bridgehead atoms. The van der Waals surface area contributed by atoms with Gasteiger partial charge < -0.3 is 9.47 Å². The molecule has 4 rings (SSSR count). The van der Waals surface area contributed by atoms with Crippen LogP contribution in [0.3, 0.4) is 0 Å². The first kappa shape index (κ1) is 24.5. The van der Waals surface area contributed by atoms with E-state index in [9.17, 15) is 0 Å². The van der Waals surface area contributed by atoms with Gasteiger partial charge in [-0.15, -0.1) is 0 Å². The molecule has 0 aliphatic rings. The van der Waals surface area contributed by atoms with Gasteiger partial charge in [-0.25, -0.2) is 0 Å². The molecule has 0 saturated heterocycles. The van der Waals surface area contributed by atoms with Crippen molar-refractivity contribution in [2.24, 2.45) is 0 Å². The summed E-state index contributed by atoms with van der Waals surface area (Å²) in [6, 6.07) is 39.4. The van der Waals surface area contributed by atoms with E-state index in [4.69, 9.17) is 9.47 Å². The third kappa shape index (κ3) is 6.26. The van der Waals surface area contributed by atoms with Crippen LogP contribution in [0, 0.1) is 0 Å². The van der Waals surface area contributed by atoms with Gasteiger partial charge in [0.2, 0.25) is 0 Å². The van der Waals surface area contributed by atoms with Crippen molar-refractivity contribution in [1.29, 1.82) is 0 Å². The molecule has 2 unspecified atom stereocenters. The quantitative estimate of drug-likeness (QED) is 0.218. The Morgan fingerprint density at radius 3 is 1.21 bits per heavy atom. The lowest BCUT2D eigenvalue weighted by atomic mass is 10.2. The van der Waals surface area contributed by atoms with E-state index in [1.165, 1.54) is 21.7 Å². The van der Waals surface area contributed by atoms with Gasteiger partial charge in [0, 0.05) is 5.40 Å². The average Bonchev–Trinajstić information content (AvgIpc) is 2.91. The fraction of sp³-hybridized carbons (Fsp3) is 0.200. The molecule has 4 aromatic rings. The molecule has 174 valence electrons. The van der Waals surface area contributed by atoms with Crippen molar-refractivity contribution < 1.29 is 9.47 Å². The summed E-state index contributed by atoms with van der Waals surface area (Å²) >= 11 is 0. The molecule has 0 aromatic heterocycles. The maximum absolute atomic E-state index is 5.38. The molecule has 0 radical (unpaired) electrons. The first-order valence-corrected chi connectivity index (χ1v) is 14.8. The summed E-state index contributed by atoms with van der Waals surface area (Å²) in [4.78, 5) is 0. The van der Waals surface area contributed by atoms with Crippen molar-refractivity contribution >= 4 is 26.5 Å². The van der Waals surface area contributed by atoms with Crippen LogP contribution >= 0.6 is 15.8 Å². The van der Waals surface area contributed by atoms with Crippen LogP contribution in [0.15, 0.2) is 109 Å². The molecule has 0 aliphatic heterocycles. The summed E-state index contributed by atoms with van der Waals surface area (Å²) in [5, 5.41) is 3.50. The lowest BCUT2D eigenvalue weighted by Crippen LogP contribution is -2.17. The molecule has 2 nitrogen and oxygen atoms in total. The first-order chi connectivity index (χ1) is 16.7. The Balaban J connectivity index is 1.68. The number of ether oxygens (including phenoxy) is 2. The van der Waals surface area contributed by atoms with Gasteiger partial charge in [0.15, 0.2) is 0 Å². The minimum atomic E-state index is -0.412. The molecular weight excluding hydrogens is 454 g/mol. The Morgan fingerprint density at radius 2 is 0.882 bits per heavy atom. The van der Waals surface area contributed by atoms with Crippen molar-refractivity contribution in [2.75, 3.05) is 14.2 Å². The van der Waals surface area contributed by atoms with E-state index in [0.717, 1.165) is 23.8 Å². The van der Waals surface area contributed by atoms with Gasteiger partial charge in [0.1, 0.15) is 11.5 Å². The highest BCUT2D eigenvalue weighted by atomic mass is 31.2. The topological polar surface area (TPSA) is 18.5 Å². The largest absolute Gasteiger partial charge is 0.497 e. The van der Waals surface area contributed by atoms with E-state index in [2.05, 4.69) is 116 Å². The highest BCUT2D eigenvalue weighted by Crippen LogP contribution is 2.60. The van der Waals surface area contributed by atoms with Crippen LogP contribution in [-0.4, -0.2) is 19.6 Å². The second-order valence-electron chi connectivity index (χ2n) is 8.25. The zero-order valence-corrected chi connectivity index (χ0v) is 21.9. The van der Waals surface area contributed by atoms with E-state index in [1.54, 1.807) is 14.2 Å². The van der Waals surface area contributed by atoms with Crippen LogP contribution in [0.1, 0.15) is 18.1 Å². The smallest absolute Gasteiger partial charge is 0.118 e. The number of benzene rings is 4. The molecule has 34 heavy (non-hydrogen) atoms. The molecule has 4 heteroatoms. The fourth-order valence-electron chi connectivity index (χ4n) is 4.14. The standard InChI is InChI=1S/C30H32O2P2/c1-24(33(29-10-6-4-7-11-29)22-25-14-18-27(31-2)19-15-25)34(30-12-8-5-9-13-30)23-26-16-20-28(32-3)21-17-26/h4-21,24H,22-23H2,1-3H3. The predicted molar refractivity (Wildman–Crippen MR) is 149 cm³/mol. The van der Waals surface area contributed by atoms with Crippen LogP contribution in [0.25, 0.3) is 0 Å². The average molecular weight is 487 g/mol. The summed E-state index contributed by atoms with van der Waals surface area (Å²) in [5.74, 6) is 1.82. The number of hydrogen-bond acceptors (Lipinski definition) is 2. The van der Waals surface area contributed by atoms with Crippen molar-refractivity contribution in [3.63, 3.8) is 0 Å². The van der Waals surface area contributed by atoms with Gasteiger partial charge in [0.25, 0.3) is 0 Å². The van der Waals surface area contributed by atoms with Crippen LogP contribution in [0.5, 0.6) is 11.5 Å². The normalized spacial score (nSPS) is 13.6. The second kappa shape index (κ2) is 12.2. The van der Waals surface area contributed by atoms with Crippen molar-refractivity contribution in [2.45, 2.75) is 24.6 Å². The third-order valence-electron chi connectivity index (χ3n) is 6.10. The molecule has 2 atom stereocenters. The monoisotopic (exact) mass is 486 g/mol. The third-order valence-corrected chi connectivity index (χ3v) is 12.9. The van der Waals surface area contributed by atoms with Crippen LogP contribution < -0.4 is 20.1 Å². The molecule has 0 saturated carbocycles. The van der Waals surface area contributed by atoms with Crippen LogP contribution in [-0.2, 0) is 12.3 Å². The Bertz CT molecular complexity index is 1040. The Kier molecular flexibility index (Phi) is 8.75. The number of methoxy groups -OCH3 is 2. The molecule has 0 aliphatic carbocycles. The summed E-state index contributed by atoms with van der Waals surface area (Å²) in [5.41, 5.74) is 2.74.